The van der Waals surface area contributed by atoms with Crippen molar-refractivity contribution in [3.8, 4) is 0 Å². The van der Waals surface area contributed by atoms with E-state index in [0.29, 0.717) is 19.3 Å². The summed E-state index contributed by atoms with van der Waals surface area (Å²) in [5, 5.41) is 0. The fraction of sp³-hybridized carbons (Fsp3) is 0.875. The second-order valence-electron chi connectivity index (χ2n) is 6.29. The van der Waals surface area contributed by atoms with Gasteiger partial charge in [-0.1, -0.05) is 51.4 Å². The quantitative estimate of drug-likeness (QED) is 0.812. The van der Waals surface area contributed by atoms with Gasteiger partial charge in [-0.15, -0.1) is 0 Å². The number of nitrogens with two attached hydrogens (primary N) is 2. The topological polar surface area (TPSA) is 86.2 Å². The van der Waals surface area contributed by atoms with Crippen molar-refractivity contribution < 1.29 is 9.59 Å². The van der Waals surface area contributed by atoms with Crippen LogP contribution in [0.2, 0.25) is 0 Å². The average molecular weight is 282 g/mol. The van der Waals surface area contributed by atoms with E-state index in [1.807, 2.05) is 0 Å². The minimum Gasteiger partial charge on any atom is -0.370 e. The van der Waals surface area contributed by atoms with E-state index >= 15 is 0 Å². The van der Waals surface area contributed by atoms with Crippen molar-refractivity contribution in [3.05, 3.63) is 0 Å². The fourth-order valence-electron chi connectivity index (χ4n) is 3.33. The summed E-state index contributed by atoms with van der Waals surface area (Å²) in [5.74, 6) is -0.470. The van der Waals surface area contributed by atoms with Crippen molar-refractivity contribution in [2.24, 2.45) is 16.9 Å². The highest BCUT2D eigenvalue weighted by Gasteiger charge is 2.35. The number of hydrogen-bond acceptors (Lipinski definition) is 2. The number of primary amides is 2. The monoisotopic (exact) mass is 282 g/mol. The first-order valence-corrected chi connectivity index (χ1v) is 8.15. The standard InChI is InChI=1S/C16H30N2O2/c17-14(19)10-9-13-16(15(18)20)11-7-5-3-1-2-4-6-8-12-16/h1-13H2,(H2,17,19)(H2,18,20). The SMILES string of the molecule is NC(=O)CCCC1(C(N)=O)CCCCCCCCCC1. The molecule has 0 aliphatic heterocycles. The van der Waals surface area contributed by atoms with Crippen molar-refractivity contribution in [2.75, 3.05) is 0 Å². The maximum absolute atomic E-state index is 12.0. The average Bonchev–Trinajstić information content (AvgIpc) is 2.43. The van der Waals surface area contributed by atoms with Crippen LogP contribution in [0.3, 0.4) is 0 Å². The number of hydrogen-bond donors (Lipinski definition) is 2. The molecule has 0 heterocycles. The maximum atomic E-state index is 12.0. The molecular formula is C16H30N2O2. The molecule has 116 valence electrons. The Kier molecular flexibility index (Phi) is 7.63. The Morgan fingerprint density at radius 3 is 1.65 bits per heavy atom. The lowest BCUT2D eigenvalue weighted by molar-refractivity contribution is -0.129. The van der Waals surface area contributed by atoms with Crippen molar-refractivity contribution in [2.45, 2.75) is 83.5 Å². The van der Waals surface area contributed by atoms with E-state index in [-0.39, 0.29) is 11.8 Å². The first kappa shape index (κ1) is 17.0. The molecule has 0 aromatic carbocycles. The molecule has 0 radical (unpaired) electrons. The molecule has 0 bridgehead atoms. The van der Waals surface area contributed by atoms with E-state index < -0.39 is 5.41 Å². The van der Waals surface area contributed by atoms with Crippen molar-refractivity contribution in [3.63, 3.8) is 0 Å². The first-order chi connectivity index (χ1) is 9.57. The molecule has 4 N–H and O–H groups in total. The van der Waals surface area contributed by atoms with Crippen molar-refractivity contribution in [1.82, 2.24) is 0 Å². The molecule has 1 fully saturated rings. The molecule has 0 atom stereocenters. The molecule has 0 saturated heterocycles. The molecule has 20 heavy (non-hydrogen) atoms. The van der Waals surface area contributed by atoms with Gasteiger partial charge in [-0.05, 0) is 25.7 Å². The molecule has 4 nitrogen and oxygen atoms in total. The molecule has 1 rings (SSSR count). The fourth-order valence-corrected chi connectivity index (χ4v) is 3.33. The lowest BCUT2D eigenvalue weighted by Gasteiger charge is -2.31. The van der Waals surface area contributed by atoms with Crippen LogP contribution in [-0.2, 0) is 9.59 Å². The predicted octanol–water partition coefficient (Wildman–Crippen LogP) is 3.03. The van der Waals surface area contributed by atoms with Gasteiger partial charge in [-0.3, -0.25) is 9.59 Å². The van der Waals surface area contributed by atoms with Crippen LogP contribution in [0.5, 0.6) is 0 Å². The highest BCUT2D eigenvalue weighted by Crippen LogP contribution is 2.37. The van der Waals surface area contributed by atoms with E-state index in [1.54, 1.807) is 0 Å². The molecule has 2 amide bonds. The van der Waals surface area contributed by atoms with Gasteiger partial charge in [-0.2, -0.15) is 0 Å². The molecule has 1 aliphatic carbocycles. The summed E-state index contributed by atoms with van der Waals surface area (Å²) in [4.78, 5) is 22.9. The molecule has 0 unspecified atom stereocenters. The Morgan fingerprint density at radius 2 is 1.25 bits per heavy atom. The second kappa shape index (κ2) is 8.98. The third-order valence-corrected chi connectivity index (χ3v) is 4.66. The van der Waals surface area contributed by atoms with Crippen LogP contribution >= 0.6 is 0 Å². The third-order valence-electron chi connectivity index (χ3n) is 4.66. The molecule has 0 aromatic rings. The Labute approximate surface area is 122 Å². The number of carbonyl (C=O) groups is 2. The highest BCUT2D eigenvalue weighted by atomic mass is 16.1. The Balaban J connectivity index is 2.64. The predicted molar refractivity (Wildman–Crippen MR) is 80.8 cm³/mol. The Bertz CT molecular complexity index is 304. The minimum atomic E-state index is -0.403. The van der Waals surface area contributed by atoms with Crippen LogP contribution in [0, 0.1) is 5.41 Å². The van der Waals surface area contributed by atoms with Crippen LogP contribution in [-0.4, -0.2) is 11.8 Å². The lowest BCUT2D eigenvalue weighted by Crippen LogP contribution is -2.37. The van der Waals surface area contributed by atoms with E-state index in [1.165, 1.54) is 38.5 Å². The number of carbonyl (C=O) groups excluding carboxylic acids is 2. The van der Waals surface area contributed by atoms with Gasteiger partial charge in [-0.25, -0.2) is 0 Å². The normalized spacial score (nSPS) is 20.8. The van der Waals surface area contributed by atoms with Gasteiger partial charge in [0.1, 0.15) is 0 Å². The van der Waals surface area contributed by atoms with E-state index in [4.69, 9.17) is 11.5 Å². The molecule has 0 aromatic heterocycles. The zero-order valence-corrected chi connectivity index (χ0v) is 12.7. The first-order valence-electron chi connectivity index (χ1n) is 8.15. The summed E-state index contributed by atoms with van der Waals surface area (Å²) in [5.41, 5.74) is 10.5. The largest absolute Gasteiger partial charge is 0.370 e. The van der Waals surface area contributed by atoms with E-state index in [0.717, 1.165) is 25.7 Å². The van der Waals surface area contributed by atoms with Gasteiger partial charge in [0.2, 0.25) is 11.8 Å². The van der Waals surface area contributed by atoms with Gasteiger partial charge in [0.25, 0.3) is 0 Å². The van der Waals surface area contributed by atoms with Crippen LogP contribution < -0.4 is 11.5 Å². The summed E-state index contributed by atoms with van der Waals surface area (Å²) in [6.45, 7) is 0. The zero-order valence-electron chi connectivity index (χ0n) is 12.7. The van der Waals surface area contributed by atoms with E-state index in [2.05, 4.69) is 0 Å². The molecule has 1 aliphatic rings. The maximum Gasteiger partial charge on any atom is 0.223 e. The van der Waals surface area contributed by atoms with Crippen molar-refractivity contribution in [1.29, 1.82) is 0 Å². The molecule has 1 saturated carbocycles. The number of amides is 2. The van der Waals surface area contributed by atoms with E-state index in [9.17, 15) is 9.59 Å². The van der Waals surface area contributed by atoms with Gasteiger partial charge < -0.3 is 11.5 Å². The van der Waals surface area contributed by atoms with Gasteiger partial charge in [0.05, 0.1) is 0 Å². The van der Waals surface area contributed by atoms with Crippen LogP contribution in [0.1, 0.15) is 83.5 Å². The van der Waals surface area contributed by atoms with Crippen LogP contribution in [0.25, 0.3) is 0 Å². The molecule has 4 heteroatoms. The zero-order chi connectivity index (χ0) is 14.8. The second-order valence-corrected chi connectivity index (χ2v) is 6.29. The minimum absolute atomic E-state index is 0.179. The van der Waals surface area contributed by atoms with Crippen LogP contribution in [0.4, 0.5) is 0 Å². The Morgan fingerprint density at radius 1 is 0.800 bits per heavy atom. The lowest BCUT2D eigenvalue weighted by atomic mass is 9.73. The van der Waals surface area contributed by atoms with Gasteiger partial charge in [0, 0.05) is 11.8 Å². The summed E-state index contributed by atoms with van der Waals surface area (Å²) >= 11 is 0. The summed E-state index contributed by atoms with van der Waals surface area (Å²) in [6.07, 6.45) is 13.2. The van der Waals surface area contributed by atoms with Gasteiger partial charge >= 0.3 is 0 Å². The molecular weight excluding hydrogens is 252 g/mol. The Hall–Kier alpha value is -1.06. The number of rotatable bonds is 5. The summed E-state index contributed by atoms with van der Waals surface area (Å²) in [6, 6.07) is 0. The molecule has 0 spiro atoms. The van der Waals surface area contributed by atoms with Crippen LogP contribution in [0.15, 0.2) is 0 Å². The van der Waals surface area contributed by atoms with Crippen molar-refractivity contribution >= 4 is 11.8 Å². The third kappa shape index (κ3) is 5.93. The van der Waals surface area contributed by atoms with Gasteiger partial charge in [0.15, 0.2) is 0 Å². The highest BCUT2D eigenvalue weighted by molar-refractivity contribution is 5.81. The summed E-state index contributed by atoms with van der Waals surface area (Å²) < 4.78 is 0. The smallest absolute Gasteiger partial charge is 0.223 e. The summed E-state index contributed by atoms with van der Waals surface area (Å²) in [7, 11) is 0.